The summed E-state index contributed by atoms with van der Waals surface area (Å²) >= 11 is 0. The van der Waals surface area contributed by atoms with Crippen LogP contribution in [0.3, 0.4) is 0 Å². The molecule has 0 bridgehead atoms. The fourth-order valence-electron chi connectivity index (χ4n) is 1.86. The Kier molecular flexibility index (Phi) is 2.99. The van der Waals surface area contributed by atoms with Gasteiger partial charge in [0.05, 0.1) is 11.3 Å². The lowest BCUT2D eigenvalue weighted by Crippen LogP contribution is -2.18. The number of fused-ring (bicyclic) bond motifs is 1. The molecule has 0 radical (unpaired) electrons. The van der Waals surface area contributed by atoms with Gasteiger partial charge in [0, 0.05) is 19.8 Å². The van der Waals surface area contributed by atoms with Gasteiger partial charge in [-0.15, -0.1) is 0 Å². The first-order valence-electron chi connectivity index (χ1n) is 5.31. The molecule has 2 rings (SSSR count). The molecule has 1 heterocycles. The maximum absolute atomic E-state index is 11.9. The Bertz CT molecular complexity index is 603. The standard InChI is InChI=1S/C13H10N4O/c1-17-8-10-3-2-4-11(12(10)13(17)18)16-7-9(5-14)6-15/h2-4,7,16H,8H2,1H3. The number of rotatable bonds is 2. The SMILES string of the molecule is CN1Cc2cccc(NC=C(C#N)C#N)c2C1=O. The Morgan fingerprint density at radius 1 is 1.44 bits per heavy atom. The van der Waals surface area contributed by atoms with E-state index in [4.69, 9.17) is 10.5 Å². The first-order chi connectivity index (χ1) is 8.67. The highest BCUT2D eigenvalue weighted by Crippen LogP contribution is 2.28. The van der Waals surface area contributed by atoms with Crippen LogP contribution >= 0.6 is 0 Å². The summed E-state index contributed by atoms with van der Waals surface area (Å²) in [5, 5.41) is 20.1. The number of nitrogens with one attached hydrogen (secondary N) is 1. The zero-order chi connectivity index (χ0) is 13.1. The second-order valence-electron chi connectivity index (χ2n) is 3.93. The van der Waals surface area contributed by atoms with Crippen LogP contribution in [0.2, 0.25) is 0 Å². The molecule has 0 unspecified atom stereocenters. The van der Waals surface area contributed by atoms with Crippen molar-refractivity contribution in [2.24, 2.45) is 0 Å². The van der Waals surface area contributed by atoms with Crippen molar-refractivity contribution in [3.8, 4) is 12.1 Å². The molecule has 1 aromatic rings. The molecule has 1 aliphatic rings. The van der Waals surface area contributed by atoms with Crippen LogP contribution in [0.5, 0.6) is 0 Å². The Balaban J connectivity index is 2.36. The number of nitriles is 2. The predicted molar refractivity (Wildman–Crippen MR) is 65.2 cm³/mol. The molecule has 1 aliphatic heterocycles. The number of carbonyl (C=O) groups excluding carboxylic acids is 1. The van der Waals surface area contributed by atoms with Crippen molar-refractivity contribution in [2.45, 2.75) is 6.54 Å². The van der Waals surface area contributed by atoms with Gasteiger partial charge in [-0.3, -0.25) is 4.79 Å². The normalized spacial score (nSPS) is 12.4. The summed E-state index contributed by atoms with van der Waals surface area (Å²) in [5.41, 5.74) is 2.12. The molecule has 0 aromatic heterocycles. The minimum Gasteiger partial charge on any atom is -0.359 e. The fourth-order valence-corrected chi connectivity index (χ4v) is 1.86. The molecule has 88 valence electrons. The van der Waals surface area contributed by atoms with Gasteiger partial charge in [0.2, 0.25) is 0 Å². The van der Waals surface area contributed by atoms with E-state index in [0.29, 0.717) is 17.8 Å². The van der Waals surface area contributed by atoms with E-state index in [1.165, 1.54) is 6.20 Å². The summed E-state index contributed by atoms with van der Waals surface area (Å²) in [6, 6.07) is 8.98. The number of benzene rings is 1. The number of hydrogen-bond donors (Lipinski definition) is 1. The Hall–Kier alpha value is -2.79. The van der Waals surface area contributed by atoms with E-state index in [-0.39, 0.29) is 11.5 Å². The molecular weight excluding hydrogens is 228 g/mol. The van der Waals surface area contributed by atoms with E-state index in [1.54, 1.807) is 30.2 Å². The number of amides is 1. The molecule has 0 fully saturated rings. The van der Waals surface area contributed by atoms with Crippen molar-refractivity contribution >= 4 is 11.6 Å². The number of hydrogen-bond acceptors (Lipinski definition) is 4. The maximum atomic E-state index is 11.9. The van der Waals surface area contributed by atoms with Crippen molar-refractivity contribution in [1.29, 1.82) is 10.5 Å². The van der Waals surface area contributed by atoms with Crippen LogP contribution in [-0.2, 0) is 6.54 Å². The van der Waals surface area contributed by atoms with Gasteiger partial charge in [-0.1, -0.05) is 12.1 Å². The molecule has 0 aliphatic carbocycles. The number of allylic oxidation sites excluding steroid dienone is 1. The number of nitrogens with zero attached hydrogens (tertiary/aromatic N) is 3. The summed E-state index contributed by atoms with van der Waals surface area (Å²) < 4.78 is 0. The zero-order valence-corrected chi connectivity index (χ0v) is 9.77. The predicted octanol–water partition coefficient (Wildman–Crippen LogP) is 1.62. The molecule has 18 heavy (non-hydrogen) atoms. The number of carbonyl (C=O) groups is 1. The van der Waals surface area contributed by atoms with E-state index in [1.807, 2.05) is 12.1 Å². The average Bonchev–Trinajstić information content (AvgIpc) is 2.67. The number of anilines is 1. The van der Waals surface area contributed by atoms with Crippen LogP contribution in [0.15, 0.2) is 30.0 Å². The lowest BCUT2D eigenvalue weighted by molar-refractivity contribution is 0.0817. The summed E-state index contributed by atoms with van der Waals surface area (Å²) in [4.78, 5) is 13.6. The van der Waals surface area contributed by atoms with E-state index >= 15 is 0 Å². The van der Waals surface area contributed by atoms with E-state index in [9.17, 15) is 4.79 Å². The van der Waals surface area contributed by atoms with Gasteiger partial charge < -0.3 is 10.2 Å². The van der Waals surface area contributed by atoms with Crippen molar-refractivity contribution in [1.82, 2.24) is 4.90 Å². The van der Waals surface area contributed by atoms with Crippen LogP contribution < -0.4 is 5.32 Å². The Morgan fingerprint density at radius 3 is 2.83 bits per heavy atom. The summed E-state index contributed by atoms with van der Waals surface area (Å²) in [7, 11) is 1.73. The van der Waals surface area contributed by atoms with Crippen LogP contribution in [0.25, 0.3) is 0 Å². The molecule has 5 heteroatoms. The third kappa shape index (κ3) is 1.90. The van der Waals surface area contributed by atoms with Gasteiger partial charge in [-0.05, 0) is 11.6 Å². The molecule has 0 saturated heterocycles. The van der Waals surface area contributed by atoms with Crippen LogP contribution in [0.1, 0.15) is 15.9 Å². The molecule has 1 amide bonds. The van der Waals surface area contributed by atoms with E-state index < -0.39 is 0 Å². The third-order valence-corrected chi connectivity index (χ3v) is 2.73. The quantitative estimate of drug-likeness (QED) is 0.794. The zero-order valence-electron chi connectivity index (χ0n) is 9.77. The fraction of sp³-hybridized carbons (Fsp3) is 0.154. The van der Waals surface area contributed by atoms with Crippen LogP contribution in [0, 0.1) is 22.7 Å². The van der Waals surface area contributed by atoms with Gasteiger partial charge in [0.15, 0.2) is 0 Å². The lowest BCUT2D eigenvalue weighted by atomic mass is 10.1. The highest BCUT2D eigenvalue weighted by atomic mass is 16.2. The van der Waals surface area contributed by atoms with E-state index in [2.05, 4.69) is 5.32 Å². The molecular formula is C13H10N4O. The Labute approximate surface area is 105 Å². The van der Waals surface area contributed by atoms with Gasteiger partial charge in [-0.25, -0.2) is 0 Å². The molecule has 0 atom stereocenters. The molecule has 1 N–H and O–H groups in total. The van der Waals surface area contributed by atoms with Crippen molar-refractivity contribution in [3.05, 3.63) is 41.1 Å². The van der Waals surface area contributed by atoms with Gasteiger partial charge >= 0.3 is 0 Å². The van der Waals surface area contributed by atoms with Gasteiger partial charge in [-0.2, -0.15) is 10.5 Å². The van der Waals surface area contributed by atoms with Gasteiger partial charge in [0.25, 0.3) is 5.91 Å². The summed E-state index contributed by atoms with van der Waals surface area (Å²) in [6.07, 6.45) is 1.31. The minimum atomic E-state index is -0.0584. The first kappa shape index (κ1) is 11.7. The molecule has 1 aromatic carbocycles. The highest BCUT2D eigenvalue weighted by Gasteiger charge is 2.26. The van der Waals surface area contributed by atoms with Gasteiger partial charge in [0.1, 0.15) is 17.7 Å². The third-order valence-electron chi connectivity index (χ3n) is 2.73. The van der Waals surface area contributed by atoms with E-state index in [0.717, 1.165) is 5.56 Å². The average molecular weight is 238 g/mol. The van der Waals surface area contributed by atoms with Crippen LogP contribution in [-0.4, -0.2) is 17.9 Å². The van der Waals surface area contributed by atoms with Crippen molar-refractivity contribution < 1.29 is 4.79 Å². The molecule has 5 nitrogen and oxygen atoms in total. The second kappa shape index (κ2) is 4.60. The molecule has 0 saturated carbocycles. The Morgan fingerprint density at radius 2 is 2.17 bits per heavy atom. The van der Waals surface area contributed by atoms with Crippen LogP contribution in [0.4, 0.5) is 5.69 Å². The summed E-state index contributed by atoms with van der Waals surface area (Å²) in [5.74, 6) is -0.0584. The maximum Gasteiger partial charge on any atom is 0.256 e. The van der Waals surface area contributed by atoms with Crippen molar-refractivity contribution in [2.75, 3.05) is 12.4 Å². The largest absolute Gasteiger partial charge is 0.359 e. The van der Waals surface area contributed by atoms with Crippen molar-refractivity contribution in [3.63, 3.8) is 0 Å². The summed E-state index contributed by atoms with van der Waals surface area (Å²) in [6.45, 7) is 0.580. The minimum absolute atomic E-state index is 0.0357. The monoisotopic (exact) mass is 238 g/mol. The molecule has 0 spiro atoms. The highest BCUT2D eigenvalue weighted by molar-refractivity contribution is 6.03. The lowest BCUT2D eigenvalue weighted by Gasteiger charge is -2.07. The second-order valence-corrected chi connectivity index (χ2v) is 3.93. The smallest absolute Gasteiger partial charge is 0.256 e. The first-order valence-corrected chi connectivity index (χ1v) is 5.31. The topological polar surface area (TPSA) is 79.9 Å².